The van der Waals surface area contributed by atoms with Gasteiger partial charge in [0.05, 0.1) is 30.8 Å². The third kappa shape index (κ3) is 5.96. The van der Waals surface area contributed by atoms with E-state index in [2.05, 4.69) is 20.2 Å². The minimum absolute atomic E-state index is 0.125. The molecule has 1 saturated heterocycles. The topological polar surface area (TPSA) is 94.8 Å². The van der Waals surface area contributed by atoms with Crippen LogP contribution in [0, 0.1) is 12.7 Å². The van der Waals surface area contributed by atoms with Gasteiger partial charge in [0.25, 0.3) is 0 Å². The molecule has 1 fully saturated rings. The molecule has 2 heterocycles. The fourth-order valence-electron chi connectivity index (χ4n) is 4.26. The quantitative estimate of drug-likeness (QED) is 0.344. The summed E-state index contributed by atoms with van der Waals surface area (Å²) in [6.07, 6.45) is -5.01. The largest absolute Gasteiger partial charge is 0.493 e. The van der Waals surface area contributed by atoms with E-state index in [9.17, 15) is 17.6 Å². The van der Waals surface area contributed by atoms with E-state index in [4.69, 9.17) is 19.9 Å². The van der Waals surface area contributed by atoms with Crippen molar-refractivity contribution >= 4 is 22.4 Å². The van der Waals surface area contributed by atoms with Crippen LogP contribution in [0.25, 0.3) is 10.9 Å². The van der Waals surface area contributed by atoms with Gasteiger partial charge in [-0.3, -0.25) is 0 Å². The van der Waals surface area contributed by atoms with Gasteiger partial charge in [0, 0.05) is 35.8 Å². The van der Waals surface area contributed by atoms with E-state index >= 15 is 0 Å². The number of halogens is 4. The number of morpholine rings is 1. The monoisotopic (exact) mass is 523 g/mol. The number of aryl methyl sites for hydroxylation is 1. The van der Waals surface area contributed by atoms with Crippen LogP contribution in [0.4, 0.5) is 29.1 Å². The molecule has 0 aliphatic carbocycles. The first-order valence-corrected chi connectivity index (χ1v) is 11.7. The maximum Gasteiger partial charge on any atom is 0.419 e. The zero-order chi connectivity index (χ0) is 26.9. The molecular formula is C25H29F4N5O3. The van der Waals surface area contributed by atoms with Crippen molar-refractivity contribution in [3.63, 3.8) is 0 Å². The Kier molecular flexibility index (Phi) is 7.60. The van der Waals surface area contributed by atoms with Crippen LogP contribution in [0.3, 0.4) is 0 Å². The second-order valence-corrected chi connectivity index (χ2v) is 9.04. The summed E-state index contributed by atoms with van der Waals surface area (Å²) in [6.45, 7) is 5.65. The highest BCUT2D eigenvalue weighted by atomic mass is 19.4. The minimum Gasteiger partial charge on any atom is -0.493 e. The molecule has 3 aromatic rings. The molecule has 3 N–H and O–H groups in total. The highest BCUT2D eigenvalue weighted by Gasteiger charge is 2.36. The average Bonchev–Trinajstić information content (AvgIpc) is 2.82. The number of nitrogen functional groups attached to an aromatic ring is 1. The van der Waals surface area contributed by atoms with Gasteiger partial charge >= 0.3 is 6.18 Å². The molecular weight excluding hydrogens is 494 g/mol. The molecule has 1 aromatic heterocycles. The van der Waals surface area contributed by atoms with Crippen molar-refractivity contribution in [3.05, 3.63) is 47.0 Å². The normalized spacial score (nSPS) is 17.6. The highest BCUT2D eigenvalue weighted by Crippen LogP contribution is 2.38. The number of ether oxygens (including phenoxy) is 3. The standard InChI is InChI=1S/C25H29F4N5O3/c1-13(17-7-15(30)8-19(23(17)26)25(27,28)29)31-24-18-9-22(37-12-16-11-34(3)5-6-36-16)21(35-4)10-20(18)32-14(2)33-24/h7-10,13,16H,5-6,11-12,30H2,1-4H3,(H,31,32,33)/t13-,16+/m1/s1. The lowest BCUT2D eigenvalue weighted by Crippen LogP contribution is -2.42. The van der Waals surface area contributed by atoms with E-state index in [0.29, 0.717) is 53.3 Å². The van der Waals surface area contributed by atoms with Crippen LogP contribution in [-0.2, 0) is 10.9 Å². The summed E-state index contributed by atoms with van der Waals surface area (Å²) < 4.78 is 72.1. The summed E-state index contributed by atoms with van der Waals surface area (Å²) in [5.41, 5.74) is 4.33. The number of nitrogens with zero attached hydrogens (tertiary/aromatic N) is 3. The number of alkyl halides is 3. The maximum atomic E-state index is 14.9. The van der Waals surface area contributed by atoms with Gasteiger partial charge in [0.15, 0.2) is 11.5 Å². The fourth-order valence-corrected chi connectivity index (χ4v) is 4.26. The molecule has 0 radical (unpaired) electrons. The van der Waals surface area contributed by atoms with Crippen LogP contribution in [0.2, 0.25) is 0 Å². The van der Waals surface area contributed by atoms with E-state index in [1.807, 2.05) is 7.05 Å². The number of benzene rings is 2. The van der Waals surface area contributed by atoms with Gasteiger partial charge in [0.1, 0.15) is 30.2 Å². The Balaban J connectivity index is 1.68. The Morgan fingerprint density at radius 1 is 1.22 bits per heavy atom. The summed E-state index contributed by atoms with van der Waals surface area (Å²) in [5.74, 6) is 0.182. The molecule has 0 unspecified atom stereocenters. The Morgan fingerprint density at radius 3 is 2.65 bits per heavy atom. The zero-order valence-corrected chi connectivity index (χ0v) is 20.9. The van der Waals surface area contributed by atoms with Crippen LogP contribution in [-0.4, -0.2) is 61.4 Å². The number of fused-ring (bicyclic) bond motifs is 1. The summed E-state index contributed by atoms with van der Waals surface area (Å²) in [7, 11) is 3.51. The number of nitrogens with two attached hydrogens (primary N) is 1. The lowest BCUT2D eigenvalue weighted by molar-refractivity contribution is -0.140. The number of methoxy groups -OCH3 is 1. The summed E-state index contributed by atoms with van der Waals surface area (Å²) in [4.78, 5) is 11.0. The maximum absolute atomic E-state index is 14.9. The second-order valence-electron chi connectivity index (χ2n) is 9.04. The predicted octanol–water partition coefficient (Wildman–Crippen LogP) is 4.57. The molecule has 200 valence electrons. The Labute approximate surface area is 211 Å². The van der Waals surface area contributed by atoms with Gasteiger partial charge in [-0.05, 0) is 39.1 Å². The molecule has 12 heteroatoms. The van der Waals surface area contributed by atoms with Crippen molar-refractivity contribution in [3.8, 4) is 11.5 Å². The summed E-state index contributed by atoms with van der Waals surface area (Å²) >= 11 is 0. The number of hydrogen-bond donors (Lipinski definition) is 2. The van der Waals surface area contributed by atoms with E-state index in [-0.39, 0.29) is 24.0 Å². The minimum atomic E-state index is -4.88. The van der Waals surface area contributed by atoms with Crippen molar-refractivity contribution in [2.24, 2.45) is 0 Å². The molecule has 1 aliphatic heterocycles. The van der Waals surface area contributed by atoms with Gasteiger partial charge in [0.2, 0.25) is 0 Å². The van der Waals surface area contributed by atoms with Gasteiger partial charge in [-0.15, -0.1) is 0 Å². The van der Waals surface area contributed by atoms with Crippen molar-refractivity contribution in [1.29, 1.82) is 0 Å². The van der Waals surface area contributed by atoms with E-state index in [1.165, 1.54) is 20.1 Å². The van der Waals surface area contributed by atoms with Crippen molar-refractivity contribution in [1.82, 2.24) is 14.9 Å². The molecule has 1 aliphatic rings. The van der Waals surface area contributed by atoms with Gasteiger partial charge < -0.3 is 30.2 Å². The first-order valence-electron chi connectivity index (χ1n) is 11.7. The third-order valence-electron chi connectivity index (χ3n) is 6.11. The van der Waals surface area contributed by atoms with Gasteiger partial charge in [-0.1, -0.05) is 0 Å². The van der Waals surface area contributed by atoms with Crippen LogP contribution in [0.15, 0.2) is 24.3 Å². The fraction of sp³-hybridized carbons (Fsp3) is 0.440. The molecule has 0 spiro atoms. The van der Waals surface area contributed by atoms with Crippen LogP contribution in [0.5, 0.6) is 11.5 Å². The molecule has 8 nitrogen and oxygen atoms in total. The number of anilines is 2. The summed E-state index contributed by atoms with van der Waals surface area (Å²) in [6, 6.07) is 4.23. The Morgan fingerprint density at radius 2 is 1.97 bits per heavy atom. The zero-order valence-electron chi connectivity index (χ0n) is 20.9. The van der Waals surface area contributed by atoms with Crippen LogP contribution in [0.1, 0.15) is 29.9 Å². The van der Waals surface area contributed by atoms with Gasteiger partial charge in [-0.2, -0.15) is 13.2 Å². The average molecular weight is 524 g/mol. The molecule has 0 amide bonds. The second kappa shape index (κ2) is 10.5. The Hall–Kier alpha value is -3.38. The SMILES string of the molecule is COc1cc2nc(C)nc(N[C@H](C)c3cc(N)cc(C(F)(F)F)c3F)c2cc1OC[C@@H]1CN(C)CCO1. The van der Waals surface area contributed by atoms with Crippen molar-refractivity contribution in [2.75, 3.05) is 51.5 Å². The smallest absolute Gasteiger partial charge is 0.419 e. The molecule has 0 bridgehead atoms. The van der Waals surface area contributed by atoms with Crippen LogP contribution >= 0.6 is 0 Å². The first kappa shape index (κ1) is 26.7. The van der Waals surface area contributed by atoms with Gasteiger partial charge in [-0.25, -0.2) is 14.4 Å². The molecule has 0 saturated carbocycles. The molecule has 2 atom stereocenters. The third-order valence-corrected chi connectivity index (χ3v) is 6.11. The van der Waals surface area contributed by atoms with Crippen molar-refractivity contribution in [2.45, 2.75) is 32.2 Å². The lowest BCUT2D eigenvalue weighted by Gasteiger charge is -2.30. The van der Waals surface area contributed by atoms with Crippen LogP contribution < -0.4 is 20.5 Å². The van der Waals surface area contributed by atoms with Crippen molar-refractivity contribution < 1.29 is 31.8 Å². The van der Waals surface area contributed by atoms with E-state index in [0.717, 1.165) is 6.54 Å². The number of aromatic nitrogens is 2. The predicted molar refractivity (Wildman–Crippen MR) is 131 cm³/mol. The first-order chi connectivity index (χ1) is 17.5. The Bertz CT molecular complexity index is 1290. The number of rotatable bonds is 7. The highest BCUT2D eigenvalue weighted by molar-refractivity contribution is 5.92. The summed E-state index contributed by atoms with van der Waals surface area (Å²) in [5, 5.41) is 3.55. The molecule has 4 rings (SSSR count). The molecule has 2 aromatic carbocycles. The molecule has 37 heavy (non-hydrogen) atoms. The van der Waals surface area contributed by atoms with E-state index < -0.39 is 23.6 Å². The number of likely N-dealkylation sites (N-methyl/N-ethyl adjacent to an activating group) is 1. The number of hydrogen-bond acceptors (Lipinski definition) is 8. The number of nitrogens with one attached hydrogen (secondary N) is 1. The lowest BCUT2D eigenvalue weighted by atomic mass is 10.0. The van der Waals surface area contributed by atoms with E-state index in [1.54, 1.807) is 19.1 Å².